The Morgan fingerprint density at radius 1 is 1.12 bits per heavy atom. The molecule has 0 amide bonds. The topological polar surface area (TPSA) is 93.8 Å². The summed E-state index contributed by atoms with van der Waals surface area (Å²) in [6, 6.07) is 2.87. The van der Waals surface area contributed by atoms with Gasteiger partial charge < -0.3 is 5.32 Å². The molecule has 2 rings (SSSR count). The highest BCUT2D eigenvalue weighted by molar-refractivity contribution is 5.51. The number of rotatable bonds is 3. The Morgan fingerprint density at radius 3 is 2.56 bits per heavy atom. The molecular formula is C9H7N5O2. The van der Waals surface area contributed by atoms with E-state index in [1.54, 1.807) is 6.20 Å². The van der Waals surface area contributed by atoms with Crippen LogP contribution >= 0.6 is 0 Å². The van der Waals surface area contributed by atoms with Crippen LogP contribution < -0.4 is 5.32 Å². The van der Waals surface area contributed by atoms with Crippen molar-refractivity contribution >= 4 is 17.3 Å². The number of aromatic nitrogens is 3. The molecule has 0 atom stereocenters. The maximum Gasteiger partial charge on any atom is 0.287 e. The van der Waals surface area contributed by atoms with E-state index < -0.39 is 4.92 Å². The van der Waals surface area contributed by atoms with Crippen LogP contribution in [0.3, 0.4) is 0 Å². The molecule has 7 heteroatoms. The number of nitro groups is 1. The van der Waals surface area contributed by atoms with Crippen LogP contribution in [0.1, 0.15) is 0 Å². The predicted molar refractivity (Wildman–Crippen MR) is 56.2 cm³/mol. The quantitative estimate of drug-likeness (QED) is 0.618. The second-order valence-corrected chi connectivity index (χ2v) is 2.87. The van der Waals surface area contributed by atoms with Crippen LogP contribution in [-0.2, 0) is 0 Å². The van der Waals surface area contributed by atoms with Gasteiger partial charge in [0, 0.05) is 18.5 Å². The van der Waals surface area contributed by atoms with E-state index in [0.29, 0.717) is 11.6 Å². The molecule has 0 aliphatic heterocycles. The minimum Gasteiger partial charge on any atom is -0.324 e. The normalized spacial score (nSPS) is 9.75. The maximum atomic E-state index is 10.4. The monoisotopic (exact) mass is 217 g/mol. The highest BCUT2D eigenvalue weighted by Crippen LogP contribution is 2.14. The summed E-state index contributed by atoms with van der Waals surface area (Å²) in [5.74, 6) is 1.01. The number of hydrogen-bond acceptors (Lipinski definition) is 6. The zero-order valence-electron chi connectivity index (χ0n) is 8.07. The van der Waals surface area contributed by atoms with Crippen molar-refractivity contribution < 1.29 is 4.92 Å². The molecule has 1 N–H and O–H groups in total. The lowest BCUT2D eigenvalue weighted by molar-refractivity contribution is -0.385. The number of anilines is 2. The fourth-order valence-corrected chi connectivity index (χ4v) is 1.06. The number of pyridine rings is 1. The Labute approximate surface area is 90.4 Å². The zero-order chi connectivity index (χ0) is 11.4. The van der Waals surface area contributed by atoms with Crippen LogP contribution in [-0.4, -0.2) is 19.9 Å². The van der Waals surface area contributed by atoms with Crippen LogP contribution in [0.15, 0.2) is 36.9 Å². The molecule has 0 saturated carbocycles. The first-order valence-electron chi connectivity index (χ1n) is 4.39. The van der Waals surface area contributed by atoms with Gasteiger partial charge in [0.05, 0.1) is 11.1 Å². The highest BCUT2D eigenvalue weighted by atomic mass is 16.6. The van der Waals surface area contributed by atoms with Gasteiger partial charge in [0.2, 0.25) is 0 Å². The fourth-order valence-electron chi connectivity index (χ4n) is 1.06. The molecule has 0 aromatic carbocycles. The summed E-state index contributed by atoms with van der Waals surface area (Å²) in [6.07, 6.45) is 5.80. The van der Waals surface area contributed by atoms with E-state index in [2.05, 4.69) is 20.3 Å². The molecule has 2 aromatic rings. The van der Waals surface area contributed by atoms with Crippen molar-refractivity contribution in [1.29, 1.82) is 0 Å². The summed E-state index contributed by atoms with van der Waals surface area (Å²) in [6.45, 7) is 0. The Hall–Kier alpha value is -2.57. The van der Waals surface area contributed by atoms with Gasteiger partial charge in [-0.2, -0.15) is 0 Å². The van der Waals surface area contributed by atoms with Gasteiger partial charge in [-0.05, 0) is 6.07 Å². The van der Waals surface area contributed by atoms with Gasteiger partial charge in [-0.1, -0.05) is 0 Å². The second-order valence-electron chi connectivity index (χ2n) is 2.87. The molecule has 16 heavy (non-hydrogen) atoms. The molecule has 0 bridgehead atoms. The summed E-state index contributed by atoms with van der Waals surface area (Å²) in [5.41, 5.74) is -0.0512. The standard InChI is InChI=1S/C9H7N5O2/c15-14(16)7-1-2-8(12-5-7)13-9-6-10-3-4-11-9/h1-6H,(H,11,12,13). The molecule has 0 aliphatic rings. The maximum absolute atomic E-state index is 10.4. The third-order valence-corrected chi connectivity index (χ3v) is 1.78. The van der Waals surface area contributed by atoms with Crippen LogP contribution in [0, 0.1) is 10.1 Å². The van der Waals surface area contributed by atoms with E-state index in [-0.39, 0.29) is 5.69 Å². The first kappa shape index (κ1) is 9.97. The van der Waals surface area contributed by atoms with Gasteiger partial charge in [-0.25, -0.2) is 9.97 Å². The summed E-state index contributed by atoms with van der Waals surface area (Å²) in [5, 5.41) is 13.3. The van der Waals surface area contributed by atoms with Crippen molar-refractivity contribution in [2.75, 3.05) is 5.32 Å². The van der Waals surface area contributed by atoms with E-state index in [1.807, 2.05) is 0 Å². The van der Waals surface area contributed by atoms with Crippen LogP contribution in [0.25, 0.3) is 0 Å². The molecule has 7 nitrogen and oxygen atoms in total. The summed E-state index contributed by atoms with van der Waals surface area (Å²) < 4.78 is 0. The van der Waals surface area contributed by atoms with Crippen molar-refractivity contribution in [1.82, 2.24) is 15.0 Å². The summed E-state index contributed by atoms with van der Waals surface area (Å²) in [4.78, 5) is 21.6. The van der Waals surface area contributed by atoms with Gasteiger partial charge in [-0.15, -0.1) is 0 Å². The molecular weight excluding hydrogens is 210 g/mol. The average Bonchev–Trinajstić information content (AvgIpc) is 2.31. The van der Waals surface area contributed by atoms with Gasteiger partial charge in [0.1, 0.15) is 17.8 Å². The number of hydrogen-bond donors (Lipinski definition) is 1. The van der Waals surface area contributed by atoms with E-state index in [0.717, 1.165) is 0 Å². The van der Waals surface area contributed by atoms with Crippen molar-refractivity contribution in [3.8, 4) is 0 Å². The Bertz CT molecular complexity index is 485. The zero-order valence-corrected chi connectivity index (χ0v) is 8.07. The van der Waals surface area contributed by atoms with Crippen LogP contribution in [0.2, 0.25) is 0 Å². The molecule has 0 fully saturated rings. The SMILES string of the molecule is O=[N+]([O-])c1ccc(Nc2cnccn2)nc1. The van der Waals surface area contributed by atoms with Gasteiger partial charge in [0.25, 0.3) is 5.69 Å². The first-order valence-corrected chi connectivity index (χ1v) is 4.39. The van der Waals surface area contributed by atoms with Gasteiger partial charge in [-0.3, -0.25) is 15.1 Å². The molecule has 0 radical (unpaired) electrons. The van der Waals surface area contributed by atoms with Crippen molar-refractivity contribution in [2.45, 2.75) is 0 Å². The van der Waals surface area contributed by atoms with Gasteiger partial charge >= 0.3 is 0 Å². The summed E-state index contributed by atoms with van der Waals surface area (Å²) >= 11 is 0. The largest absolute Gasteiger partial charge is 0.324 e. The fraction of sp³-hybridized carbons (Fsp3) is 0. The van der Waals surface area contributed by atoms with E-state index in [4.69, 9.17) is 0 Å². The van der Waals surface area contributed by atoms with Gasteiger partial charge in [0.15, 0.2) is 0 Å². The number of nitrogens with zero attached hydrogens (tertiary/aromatic N) is 4. The van der Waals surface area contributed by atoms with Crippen LogP contribution in [0.4, 0.5) is 17.3 Å². The molecule has 0 spiro atoms. The third kappa shape index (κ3) is 2.27. The lowest BCUT2D eigenvalue weighted by Crippen LogP contribution is -1.96. The van der Waals surface area contributed by atoms with Crippen molar-refractivity contribution in [3.05, 3.63) is 47.0 Å². The molecule has 0 saturated heterocycles. The highest BCUT2D eigenvalue weighted by Gasteiger charge is 2.05. The number of nitrogens with one attached hydrogen (secondary N) is 1. The lowest BCUT2D eigenvalue weighted by Gasteiger charge is -2.02. The smallest absolute Gasteiger partial charge is 0.287 e. The van der Waals surface area contributed by atoms with E-state index in [9.17, 15) is 10.1 Å². The Balaban J connectivity index is 2.14. The van der Waals surface area contributed by atoms with Crippen molar-refractivity contribution in [3.63, 3.8) is 0 Å². The molecule has 2 heterocycles. The second kappa shape index (κ2) is 4.30. The third-order valence-electron chi connectivity index (χ3n) is 1.78. The molecule has 2 aromatic heterocycles. The predicted octanol–water partition coefficient (Wildman–Crippen LogP) is 1.52. The minimum atomic E-state index is -0.501. The van der Waals surface area contributed by atoms with Crippen LogP contribution in [0.5, 0.6) is 0 Å². The first-order chi connectivity index (χ1) is 7.75. The minimum absolute atomic E-state index is 0.0512. The average molecular weight is 217 g/mol. The molecule has 0 unspecified atom stereocenters. The van der Waals surface area contributed by atoms with E-state index in [1.165, 1.54) is 30.7 Å². The van der Waals surface area contributed by atoms with E-state index >= 15 is 0 Å². The summed E-state index contributed by atoms with van der Waals surface area (Å²) in [7, 11) is 0. The molecule has 80 valence electrons. The Kier molecular flexibility index (Phi) is 2.68. The Morgan fingerprint density at radius 2 is 2.00 bits per heavy atom. The lowest BCUT2D eigenvalue weighted by atomic mass is 10.4. The molecule has 0 aliphatic carbocycles. The van der Waals surface area contributed by atoms with Crippen molar-refractivity contribution in [2.24, 2.45) is 0 Å².